The molecule has 0 aromatic heterocycles. The third kappa shape index (κ3) is 5.50. The highest BCUT2D eigenvalue weighted by Crippen LogP contribution is 2.23. The Kier molecular flexibility index (Phi) is 6.56. The Morgan fingerprint density at radius 3 is 1.92 bits per heavy atom. The number of benzene rings is 3. The first-order valence-corrected chi connectivity index (χ1v) is 9.28. The first-order chi connectivity index (χ1) is 12.6. The van der Waals surface area contributed by atoms with Gasteiger partial charge in [0.05, 0.1) is 10.0 Å². The van der Waals surface area contributed by atoms with Crippen molar-refractivity contribution in [3.8, 4) is 5.75 Å². The molecule has 0 aliphatic carbocycles. The minimum Gasteiger partial charge on any atom is -0.489 e. The van der Waals surface area contributed by atoms with Crippen molar-refractivity contribution in [3.05, 3.63) is 99.0 Å². The van der Waals surface area contributed by atoms with Crippen LogP contribution in [0.4, 0.5) is 0 Å². The van der Waals surface area contributed by atoms with Gasteiger partial charge in [-0.3, -0.25) is 0 Å². The summed E-state index contributed by atoms with van der Waals surface area (Å²) in [6.45, 7) is 4.24. The molecule has 0 saturated heterocycles. The Labute approximate surface area is 164 Å². The molecule has 0 fully saturated rings. The van der Waals surface area contributed by atoms with Gasteiger partial charge in [0.2, 0.25) is 0 Å². The van der Waals surface area contributed by atoms with Crippen molar-refractivity contribution in [1.29, 1.82) is 0 Å². The van der Waals surface area contributed by atoms with Gasteiger partial charge in [-0.05, 0) is 47.9 Å². The summed E-state index contributed by atoms with van der Waals surface area (Å²) >= 11 is 11.9. The van der Waals surface area contributed by atoms with E-state index in [9.17, 15) is 0 Å². The van der Waals surface area contributed by atoms with Crippen molar-refractivity contribution < 1.29 is 4.74 Å². The van der Waals surface area contributed by atoms with Crippen LogP contribution in [0, 0.1) is 6.92 Å². The quantitative estimate of drug-likeness (QED) is 0.524. The summed E-state index contributed by atoms with van der Waals surface area (Å²) in [5, 5.41) is 4.56. The lowest BCUT2D eigenvalue weighted by molar-refractivity contribution is 0.306. The molecule has 0 heterocycles. The smallest absolute Gasteiger partial charge is 0.119 e. The normalized spacial score (nSPS) is 10.7. The second-order valence-corrected chi connectivity index (χ2v) is 7.08. The fourth-order valence-corrected chi connectivity index (χ4v) is 2.88. The van der Waals surface area contributed by atoms with Gasteiger partial charge in [-0.1, -0.05) is 71.2 Å². The van der Waals surface area contributed by atoms with E-state index in [1.807, 2.05) is 24.3 Å². The van der Waals surface area contributed by atoms with E-state index in [-0.39, 0.29) is 0 Å². The van der Waals surface area contributed by atoms with Gasteiger partial charge in [-0.2, -0.15) is 0 Å². The number of rotatable bonds is 7. The van der Waals surface area contributed by atoms with Gasteiger partial charge < -0.3 is 10.1 Å². The molecule has 3 rings (SSSR count). The minimum absolute atomic E-state index is 0.460. The Hall–Kier alpha value is -2.00. The number of nitrogens with one attached hydrogen (secondary N) is 1. The molecule has 0 radical (unpaired) electrons. The molecule has 2 nitrogen and oxygen atoms in total. The van der Waals surface area contributed by atoms with E-state index in [2.05, 4.69) is 48.6 Å². The van der Waals surface area contributed by atoms with E-state index in [0.717, 1.165) is 24.4 Å². The van der Waals surface area contributed by atoms with E-state index in [4.69, 9.17) is 27.9 Å². The van der Waals surface area contributed by atoms with Crippen LogP contribution in [0.5, 0.6) is 5.75 Å². The van der Waals surface area contributed by atoms with Gasteiger partial charge in [-0.25, -0.2) is 0 Å². The summed E-state index contributed by atoms with van der Waals surface area (Å²) in [6.07, 6.45) is 0. The SMILES string of the molecule is Cc1ccc(CNCc2ccc(OCc3ccc(Cl)c(Cl)c3)cc2)cc1. The average Bonchev–Trinajstić information content (AvgIpc) is 2.65. The zero-order chi connectivity index (χ0) is 18.4. The van der Waals surface area contributed by atoms with Crippen molar-refractivity contribution in [2.45, 2.75) is 26.6 Å². The van der Waals surface area contributed by atoms with Crippen LogP contribution in [0.25, 0.3) is 0 Å². The Balaban J connectivity index is 1.47. The summed E-state index contributed by atoms with van der Waals surface area (Å²) in [7, 11) is 0. The highest BCUT2D eigenvalue weighted by Gasteiger charge is 2.01. The predicted molar refractivity (Wildman–Crippen MR) is 109 cm³/mol. The molecule has 26 heavy (non-hydrogen) atoms. The van der Waals surface area contributed by atoms with E-state index < -0.39 is 0 Å². The molecule has 4 heteroatoms. The summed E-state index contributed by atoms with van der Waals surface area (Å²) in [4.78, 5) is 0. The highest BCUT2D eigenvalue weighted by molar-refractivity contribution is 6.42. The Morgan fingerprint density at radius 2 is 1.31 bits per heavy atom. The van der Waals surface area contributed by atoms with Crippen LogP contribution in [0.1, 0.15) is 22.3 Å². The molecule has 3 aromatic rings. The molecule has 0 saturated carbocycles. The summed E-state index contributed by atoms with van der Waals surface area (Å²) < 4.78 is 5.80. The first-order valence-electron chi connectivity index (χ1n) is 8.52. The molecule has 0 spiro atoms. The Morgan fingerprint density at radius 1 is 0.731 bits per heavy atom. The maximum absolute atomic E-state index is 6.02. The number of hydrogen-bond acceptors (Lipinski definition) is 2. The van der Waals surface area contributed by atoms with Crippen LogP contribution in [0.3, 0.4) is 0 Å². The van der Waals surface area contributed by atoms with Crippen molar-refractivity contribution in [2.75, 3.05) is 0 Å². The number of halogens is 2. The molecule has 134 valence electrons. The molecule has 0 atom stereocenters. The van der Waals surface area contributed by atoms with Crippen molar-refractivity contribution >= 4 is 23.2 Å². The van der Waals surface area contributed by atoms with Crippen LogP contribution >= 0.6 is 23.2 Å². The standard InChI is InChI=1S/C22H21Cl2NO/c1-16-2-4-17(5-3-16)13-25-14-18-6-9-20(10-7-18)26-15-19-8-11-21(23)22(24)12-19/h2-12,25H,13-15H2,1H3. The van der Waals surface area contributed by atoms with Gasteiger partial charge in [0, 0.05) is 13.1 Å². The van der Waals surface area contributed by atoms with Crippen LogP contribution in [0.2, 0.25) is 10.0 Å². The van der Waals surface area contributed by atoms with E-state index in [0.29, 0.717) is 16.7 Å². The van der Waals surface area contributed by atoms with Crippen molar-refractivity contribution in [3.63, 3.8) is 0 Å². The van der Waals surface area contributed by atoms with Gasteiger partial charge >= 0.3 is 0 Å². The number of aryl methyl sites for hydroxylation is 1. The number of hydrogen-bond donors (Lipinski definition) is 1. The van der Waals surface area contributed by atoms with E-state index in [1.54, 1.807) is 6.07 Å². The molecule has 0 aliphatic heterocycles. The molecule has 0 amide bonds. The van der Waals surface area contributed by atoms with Crippen LogP contribution in [-0.4, -0.2) is 0 Å². The third-order valence-corrected chi connectivity index (χ3v) is 4.83. The van der Waals surface area contributed by atoms with E-state index in [1.165, 1.54) is 16.7 Å². The molecule has 0 unspecified atom stereocenters. The molecular weight excluding hydrogens is 365 g/mol. The largest absolute Gasteiger partial charge is 0.489 e. The lowest BCUT2D eigenvalue weighted by Crippen LogP contribution is -2.12. The fraction of sp³-hybridized carbons (Fsp3) is 0.182. The van der Waals surface area contributed by atoms with Gasteiger partial charge in [0.25, 0.3) is 0 Å². The topological polar surface area (TPSA) is 21.3 Å². The van der Waals surface area contributed by atoms with Crippen LogP contribution in [0.15, 0.2) is 66.7 Å². The summed E-state index contributed by atoms with van der Waals surface area (Å²) in [6, 6.07) is 22.2. The first kappa shape index (κ1) is 18.8. The zero-order valence-electron chi connectivity index (χ0n) is 14.6. The highest BCUT2D eigenvalue weighted by atomic mass is 35.5. The number of ether oxygens (including phenoxy) is 1. The van der Waals surface area contributed by atoms with Crippen molar-refractivity contribution in [2.24, 2.45) is 0 Å². The zero-order valence-corrected chi connectivity index (χ0v) is 16.1. The second kappa shape index (κ2) is 9.09. The van der Waals surface area contributed by atoms with Crippen LogP contribution in [-0.2, 0) is 19.7 Å². The third-order valence-electron chi connectivity index (χ3n) is 4.09. The Bertz CT molecular complexity index is 845. The summed E-state index contributed by atoms with van der Waals surface area (Å²) in [5.41, 5.74) is 4.78. The molecule has 0 aliphatic rings. The molecule has 3 aromatic carbocycles. The molecule has 0 bridgehead atoms. The average molecular weight is 386 g/mol. The lowest BCUT2D eigenvalue weighted by Gasteiger charge is -2.09. The van der Waals surface area contributed by atoms with Crippen molar-refractivity contribution in [1.82, 2.24) is 5.32 Å². The predicted octanol–water partition coefficient (Wildman–Crippen LogP) is 6.17. The van der Waals surface area contributed by atoms with E-state index >= 15 is 0 Å². The fourth-order valence-electron chi connectivity index (χ4n) is 2.56. The monoisotopic (exact) mass is 385 g/mol. The van der Waals surface area contributed by atoms with Gasteiger partial charge in [0.1, 0.15) is 12.4 Å². The molecule has 1 N–H and O–H groups in total. The summed E-state index contributed by atoms with van der Waals surface area (Å²) in [5.74, 6) is 0.832. The maximum atomic E-state index is 6.02. The minimum atomic E-state index is 0.460. The van der Waals surface area contributed by atoms with Gasteiger partial charge in [0.15, 0.2) is 0 Å². The maximum Gasteiger partial charge on any atom is 0.119 e. The lowest BCUT2D eigenvalue weighted by atomic mass is 10.1. The van der Waals surface area contributed by atoms with Gasteiger partial charge in [-0.15, -0.1) is 0 Å². The van der Waals surface area contributed by atoms with Crippen LogP contribution < -0.4 is 10.1 Å². The second-order valence-electron chi connectivity index (χ2n) is 6.27. The molecular formula is C22H21Cl2NO.